The zero-order valence-electron chi connectivity index (χ0n) is 14.0. The summed E-state index contributed by atoms with van der Waals surface area (Å²) in [5, 5.41) is 14.7. The molecule has 0 saturated heterocycles. The molecule has 2 aromatic heterocycles. The third-order valence-electron chi connectivity index (χ3n) is 3.62. The van der Waals surface area contributed by atoms with Crippen molar-refractivity contribution in [1.29, 1.82) is 0 Å². The summed E-state index contributed by atoms with van der Waals surface area (Å²) in [6.45, 7) is 2.05. The van der Waals surface area contributed by atoms with Gasteiger partial charge in [0.25, 0.3) is 0 Å². The van der Waals surface area contributed by atoms with Crippen LogP contribution in [0, 0.1) is 13.0 Å². The van der Waals surface area contributed by atoms with Crippen LogP contribution in [0.4, 0.5) is 0 Å². The Morgan fingerprint density at radius 1 is 1.12 bits per heavy atom. The Hall–Kier alpha value is -2.82. The molecule has 0 spiro atoms. The molecule has 0 fully saturated rings. The number of hydrogen-bond donors (Lipinski definition) is 1. The Kier molecular flexibility index (Phi) is 6.78. The molecule has 0 unspecified atom stereocenters. The van der Waals surface area contributed by atoms with Gasteiger partial charge in [-0.05, 0) is 23.2 Å². The molecular weight excluding hydrogens is 506 g/mol. The Balaban J connectivity index is 0.000000180. The minimum atomic E-state index is -0.995. The molecule has 0 atom stereocenters. The standard InChI is InChI=1S/C10H9N2.C10H7NO2.Ir/c1-9-5-2-3-6-10(9)12-8-4-7-11-12;12-10(13)9-5-7-3-1-2-4-8(7)6-11-9;/h2-5,7-8H,1H3;1-6H,(H,12,13);/q-1;;. The molecule has 1 N–H and O–H groups in total. The van der Waals surface area contributed by atoms with Crippen LogP contribution in [0.2, 0.25) is 0 Å². The first-order valence-corrected chi connectivity index (χ1v) is 7.70. The summed E-state index contributed by atoms with van der Waals surface area (Å²) < 4.78 is 1.81. The second-order valence-electron chi connectivity index (χ2n) is 5.37. The van der Waals surface area contributed by atoms with E-state index >= 15 is 0 Å². The second-order valence-corrected chi connectivity index (χ2v) is 5.37. The van der Waals surface area contributed by atoms with Gasteiger partial charge in [-0.1, -0.05) is 31.2 Å². The third-order valence-corrected chi connectivity index (χ3v) is 3.62. The maximum absolute atomic E-state index is 10.6. The van der Waals surface area contributed by atoms with Crippen molar-refractivity contribution < 1.29 is 30.0 Å². The van der Waals surface area contributed by atoms with Crippen LogP contribution in [0.5, 0.6) is 0 Å². The number of pyridine rings is 1. The number of benzene rings is 2. The predicted molar refractivity (Wildman–Crippen MR) is 95.8 cm³/mol. The Morgan fingerprint density at radius 2 is 1.88 bits per heavy atom. The summed E-state index contributed by atoms with van der Waals surface area (Å²) in [7, 11) is 0. The zero-order chi connectivity index (χ0) is 17.6. The molecule has 0 amide bonds. The van der Waals surface area contributed by atoms with Crippen LogP contribution in [0.3, 0.4) is 0 Å². The normalized spacial score (nSPS) is 9.73. The topological polar surface area (TPSA) is 68.0 Å². The smallest absolute Gasteiger partial charge is 0.354 e. The molecule has 6 heteroatoms. The molecule has 0 saturated carbocycles. The monoisotopic (exact) mass is 523 g/mol. The van der Waals surface area contributed by atoms with E-state index in [2.05, 4.69) is 16.1 Å². The SMILES string of the molecule is Cc1ccc[c-]c1-n1cccn1.O=C(O)c1cc2ccccc2cn1.[Ir]. The average molecular weight is 523 g/mol. The van der Waals surface area contributed by atoms with Crippen molar-refractivity contribution in [2.45, 2.75) is 6.92 Å². The van der Waals surface area contributed by atoms with Crippen molar-refractivity contribution in [3.63, 3.8) is 0 Å². The molecule has 26 heavy (non-hydrogen) atoms. The maximum Gasteiger partial charge on any atom is 0.354 e. The van der Waals surface area contributed by atoms with Crippen LogP contribution in [0.15, 0.2) is 73.2 Å². The molecule has 0 aliphatic rings. The van der Waals surface area contributed by atoms with Gasteiger partial charge in [0.05, 0.1) is 0 Å². The van der Waals surface area contributed by atoms with Crippen LogP contribution in [0.25, 0.3) is 16.5 Å². The molecule has 2 aromatic carbocycles. The molecule has 1 radical (unpaired) electrons. The quantitative estimate of drug-likeness (QED) is 0.406. The summed E-state index contributed by atoms with van der Waals surface area (Å²) in [6.07, 6.45) is 5.25. The van der Waals surface area contributed by atoms with E-state index in [-0.39, 0.29) is 25.8 Å². The number of aromatic carboxylic acids is 1. The van der Waals surface area contributed by atoms with Crippen molar-refractivity contribution in [1.82, 2.24) is 14.8 Å². The molecule has 2 heterocycles. The van der Waals surface area contributed by atoms with Crippen molar-refractivity contribution in [3.8, 4) is 5.69 Å². The number of carboxylic acid groups (broad SMARTS) is 1. The number of hydrogen-bond acceptors (Lipinski definition) is 3. The van der Waals surface area contributed by atoms with E-state index in [1.54, 1.807) is 18.5 Å². The number of nitrogens with zero attached hydrogens (tertiary/aromatic N) is 3. The number of aromatic nitrogens is 3. The van der Waals surface area contributed by atoms with Gasteiger partial charge < -0.3 is 5.11 Å². The molecule has 4 rings (SSSR count). The van der Waals surface area contributed by atoms with Gasteiger partial charge in [0, 0.05) is 44.1 Å². The minimum absolute atomic E-state index is 0. The van der Waals surface area contributed by atoms with Crippen molar-refractivity contribution in [3.05, 3.63) is 90.5 Å². The van der Waals surface area contributed by atoms with Gasteiger partial charge in [-0.25, -0.2) is 9.78 Å². The van der Waals surface area contributed by atoms with Gasteiger partial charge in [0.1, 0.15) is 5.69 Å². The first-order chi connectivity index (χ1) is 12.1. The number of para-hydroxylation sites is 1. The van der Waals surface area contributed by atoms with Gasteiger partial charge in [0.15, 0.2) is 0 Å². The summed E-state index contributed by atoms with van der Waals surface area (Å²) in [4.78, 5) is 14.4. The van der Waals surface area contributed by atoms with Gasteiger partial charge in [-0.2, -0.15) is 29.4 Å². The number of rotatable bonds is 2. The molecule has 0 aliphatic heterocycles. The molecule has 0 bridgehead atoms. The Bertz CT molecular complexity index is 1000. The summed E-state index contributed by atoms with van der Waals surface area (Å²) in [6, 6.07) is 20.0. The first-order valence-electron chi connectivity index (χ1n) is 7.70. The van der Waals surface area contributed by atoms with Crippen LogP contribution in [-0.4, -0.2) is 25.8 Å². The number of fused-ring (bicyclic) bond motifs is 1. The van der Waals surface area contributed by atoms with Crippen LogP contribution >= 0.6 is 0 Å². The van der Waals surface area contributed by atoms with E-state index in [1.165, 1.54) is 5.56 Å². The Labute approximate surface area is 164 Å². The summed E-state index contributed by atoms with van der Waals surface area (Å²) in [5.41, 5.74) is 2.28. The molecule has 4 aromatic rings. The van der Waals surface area contributed by atoms with Crippen molar-refractivity contribution >= 4 is 16.7 Å². The van der Waals surface area contributed by atoms with Gasteiger partial charge in [0.2, 0.25) is 0 Å². The fourth-order valence-electron chi connectivity index (χ4n) is 2.36. The molecule has 0 aliphatic carbocycles. The summed E-state index contributed by atoms with van der Waals surface area (Å²) in [5.74, 6) is -0.995. The fourth-order valence-corrected chi connectivity index (χ4v) is 2.36. The molecule has 5 nitrogen and oxygen atoms in total. The van der Waals surface area contributed by atoms with E-state index < -0.39 is 5.97 Å². The summed E-state index contributed by atoms with van der Waals surface area (Å²) >= 11 is 0. The van der Waals surface area contributed by atoms with Gasteiger partial charge >= 0.3 is 5.97 Å². The van der Waals surface area contributed by atoms with Gasteiger partial charge in [-0.15, -0.1) is 5.56 Å². The fraction of sp³-hybridized carbons (Fsp3) is 0.0500. The van der Waals surface area contributed by atoms with Crippen LogP contribution in [-0.2, 0) is 20.1 Å². The Morgan fingerprint density at radius 3 is 2.54 bits per heavy atom. The van der Waals surface area contributed by atoms with Crippen molar-refractivity contribution in [2.24, 2.45) is 0 Å². The van der Waals surface area contributed by atoms with Gasteiger partial charge in [-0.3, -0.25) is 4.68 Å². The van der Waals surface area contributed by atoms with E-state index in [1.807, 2.05) is 66.3 Å². The number of carboxylic acids is 1. The van der Waals surface area contributed by atoms with E-state index in [9.17, 15) is 4.79 Å². The van der Waals surface area contributed by atoms with E-state index in [0.29, 0.717) is 0 Å². The minimum Gasteiger partial charge on any atom is -0.477 e. The predicted octanol–water partition coefficient (Wildman–Crippen LogP) is 3.91. The first kappa shape index (κ1) is 19.5. The van der Waals surface area contributed by atoms with Crippen LogP contribution < -0.4 is 0 Å². The number of aryl methyl sites for hydroxylation is 1. The third kappa shape index (κ3) is 4.63. The van der Waals surface area contributed by atoms with E-state index in [0.717, 1.165) is 16.5 Å². The molecule has 133 valence electrons. The zero-order valence-corrected chi connectivity index (χ0v) is 16.4. The largest absolute Gasteiger partial charge is 0.477 e. The van der Waals surface area contributed by atoms with E-state index in [4.69, 9.17) is 5.11 Å². The molecular formula is C20H16IrN3O2-. The average Bonchev–Trinajstić information content (AvgIpc) is 3.16. The van der Waals surface area contributed by atoms with Crippen molar-refractivity contribution in [2.75, 3.05) is 0 Å². The second kappa shape index (κ2) is 9.04. The number of carbonyl (C=O) groups is 1. The van der Waals surface area contributed by atoms with Crippen LogP contribution in [0.1, 0.15) is 16.1 Å². The maximum atomic E-state index is 10.6.